The maximum Gasteiger partial charge on any atom is 0.303 e. The molecule has 0 heterocycles. The first-order chi connectivity index (χ1) is 10.7. The van der Waals surface area contributed by atoms with Gasteiger partial charge in [-0.2, -0.15) is 0 Å². The summed E-state index contributed by atoms with van der Waals surface area (Å²) >= 11 is 0. The van der Waals surface area contributed by atoms with Gasteiger partial charge in [0.05, 0.1) is 66.1 Å². The molecule has 0 saturated carbocycles. The van der Waals surface area contributed by atoms with Crippen LogP contribution in [0.5, 0.6) is 0 Å². The van der Waals surface area contributed by atoms with Crippen molar-refractivity contribution in [1.29, 1.82) is 0 Å². The summed E-state index contributed by atoms with van der Waals surface area (Å²) in [7, 11) is 1.64. The SMILES string of the molecule is CCC(=O)O.COCCOCCOCCOCCOCCO. The van der Waals surface area contributed by atoms with Crippen LogP contribution in [0.4, 0.5) is 0 Å². The Bertz CT molecular complexity index is 199. The maximum absolute atomic E-state index is 9.37. The second-order valence-electron chi connectivity index (χ2n) is 3.91. The second-order valence-corrected chi connectivity index (χ2v) is 3.91. The van der Waals surface area contributed by atoms with Crippen LogP contribution in [0.15, 0.2) is 0 Å². The first-order valence-electron chi connectivity index (χ1n) is 7.31. The molecule has 0 aliphatic rings. The van der Waals surface area contributed by atoms with E-state index in [0.29, 0.717) is 59.5 Å². The van der Waals surface area contributed by atoms with Gasteiger partial charge in [0.2, 0.25) is 0 Å². The molecule has 0 radical (unpaired) electrons. The van der Waals surface area contributed by atoms with E-state index in [4.69, 9.17) is 33.9 Å². The van der Waals surface area contributed by atoms with Crippen LogP contribution >= 0.6 is 0 Å². The van der Waals surface area contributed by atoms with Crippen molar-refractivity contribution in [1.82, 2.24) is 0 Å². The molecule has 8 nitrogen and oxygen atoms in total. The molecule has 0 unspecified atom stereocenters. The van der Waals surface area contributed by atoms with E-state index in [1.165, 1.54) is 0 Å². The normalized spacial score (nSPS) is 10.1. The average molecular weight is 326 g/mol. The van der Waals surface area contributed by atoms with Crippen LogP contribution in [-0.4, -0.2) is 89.4 Å². The predicted molar refractivity (Wildman–Crippen MR) is 80.2 cm³/mol. The maximum atomic E-state index is 9.37. The van der Waals surface area contributed by atoms with Gasteiger partial charge < -0.3 is 33.9 Å². The Kier molecular flexibility index (Phi) is 24.0. The summed E-state index contributed by atoms with van der Waals surface area (Å²) < 4.78 is 25.6. The van der Waals surface area contributed by atoms with Crippen LogP contribution < -0.4 is 0 Å². The Morgan fingerprint density at radius 2 is 1.09 bits per heavy atom. The number of hydrogen-bond donors (Lipinski definition) is 2. The number of rotatable bonds is 15. The first-order valence-corrected chi connectivity index (χ1v) is 7.31. The van der Waals surface area contributed by atoms with E-state index in [1.807, 2.05) is 0 Å². The van der Waals surface area contributed by atoms with E-state index < -0.39 is 5.97 Å². The van der Waals surface area contributed by atoms with Crippen LogP contribution in [0.1, 0.15) is 13.3 Å². The van der Waals surface area contributed by atoms with Gasteiger partial charge in [-0.05, 0) is 0 Å². The van der Waals surface area contributed by atoms with E-state index in [-0.39, 0.29) is 13.0 Å². The molecular formula is C14H30O8. The fraction of sp³-hybridized carbons (Fsp3) is 0.929. The number of aliphatic carboxylic acids is 1. The summed E-state index contributed by atoms with van der Waals surface area (Å²) in [4.78, 5) is 9.37. The molecule has 0 aromatic carbocycles. The van der Waals surface area contributed by atoms with Crippen molar-refractivity contribution in [2.75, 3.05) is 73.2 Å². The number of carboxylic acid groups (broad SMARTS) is 1. The number of hydrogen-bond acceptors (Lipinski definition) is 7. The van der Waals surface area contributed by atoms with Gasteiger partial charge in [0.25, 0.3) is 0 Å². The van der Waals surface area contributed by atoms with Gasteiger partial charge in [-0.25, -0.2) is 0 Å². The molecule has 134 valence electrons. The molecule has 0 saturated heterocycles. The minimum Gasteiger partial charge on any atom is -0.481 e. The molecular weight excluding hydrogens is 296 g/mol. The Hall–Kier alpha value is -0.770. The summed E-state index contributed by atoms with van der Waals surface area (Å²) in [5.41, 5.74) is 0. The molecule has 0 spiro atoms. The number of carboxylic acids is 1. The lowest BCUT2D eigenvalue weighted by Gasteiger charge is -2.06. The highest BCUT2D eigenvalue weighted by Gasteiger charge is 1.92. The summed E-state index contributed by atoms with van der Waals surface area (Å²) in [6.07, 6.45) is 0.222. The van der Waals surface area contributed by atoms with Crippen LogP contribution in [-0.2, 0) is 28.5 Å². The summed E-state index contributed by atoms with van der Waals surface area (Å²) in [6, 6.07) is 0. The second kappa shape index (κ2) is 22.5. The first kappa shape index (κ1) is 23.5. The Labute approximate surface area is 132 Å². The third-order valence-electron chi connectivity index (χ3n) is 2.09. The largest absolute Gasteiger partial charge is 0.481 e. The highest BCUT2D eigenvalue weighted by Crippen LogP contribution is 1.82. The van der Waals surface area contributed by atoms with E-state index in [2.05, 4.69) is 0 Å². The molecule has 2 N–H and O–H groups in total. The average Bonchev–Trinajstić information content (AvgIpc) is 2.52. The molecule has 8 heteroatoms. The predicted octanol–water partition coefficient (Wildman–Crippen LogP) is 0.173. The van der Waals surface area contributed by atoms with Crippen molar-refractivity contribution in [3.8, 4) is 0 Å². The van der Waals surface area contributed by atoms with Crippen molar-refractivity contribution in [3.05, 3.63) is 0 Å². The fourth-order valence-corrected chi connectivity index (χ4v) is 0.969. The third-order valence-corrected chi connectivity index (χ3v) is 2.09. The molecule has 22 heavy (non-hydrogen) atoms. The van der Waals surface area contributed by atoms with Gasteiger partial charge in [-0.1, -0.05) is 6.92 Å². The van der Waals surface area contributed by atoms with E-state index in [1.54, 1.807) is 14.0 Å². The van der Waals surface area contributed by atoms with Crippen molar-refractivity contribution >= 4 is 5.97 Å². The lowest BCUT2D eigenvalue weighted by atomic mass is 10.5. The number of aliphatic hydroxyl groups is 1. The topological polar surface area (TPSA) is 104 Å². The van der Waals surface area contributed by atoms with Gasteiger partial charge in [0, 0.05) is 13.5 Å². The summed E-state index contributed by atoms with van der Waals surface area (Å²) in [5, 5.41) is 16.2. The molecule has 0 fully saturated rings. The monoisotopic (exact) mass is 326 g/mol. The number of methoxy groups -OCH3 is 1. The third kappa shape index (κ3) is 27.6. The Morgan fingerprint density at radius 3 is 1.36 bits per heavy atom. The zero-order chi connectivity index (χ0) is 16.9. The highest BCUT2D eigenvalue weighted by atomic mass is 16.6. The fourth-order valence-electron chi connectivity index (χ4n) is 0.969. The summed E-state index contributed by atoms with van der Waals surface area (Å²) in [6.45, 7) is 6.46. The van der Waals surface area contributed by atoms with Crippen LogP contribution in [0.3, 0.4) is 0 Å². The molecule has 0 atom stereocenters. The van der Waals surface area contributed by atoms with Crippen LogP contribution in [0, 0.1) is 0 Å². The van der Waals surface area contributed by atoms with Gasteiger partial charge in [-0.15, -0.1) is 0 Å². The Morgan fingerprint density at radius 1 is 0.773 bits per heavy atom. The zero-order valence-corrected chi connectivity index (χ0v) is 13.6. The minimum absolute atomic E-state index is 0.0478. The van der Waals surface area contributed by atoms with E-state index in [0.717, 1.165) is 0 Å². The molecule has 0 aromatic rings. The quantitative estimate of drug-likeness (QED) is 0.411. The van der Waals surface area contributed by atoms with Gasteiger partial charge in [-0.3, -0.25) is 4.79 Å². The molecule has 0 rings (SSSR count). The molecule has 0 aliphatic carbocycles. The lowest BCUT2D eigenvalue weighted by Crippen LogP contribution is -2.13. The highest BCUT2D eigenvalue weighted by molar-refractivity contribution is 5.66. The number of ether oxygens (including phenoxy) is 5. The van der Waals surface area contributed by atoms with E-state index in [9.17, 15) is 4.79 Å². The number of carbonyl (C=O) groups is 1. The van der Waals surface area contributed by atoms with Gasteiger partial charge >= 0.3 is 5.97 Å². The molecule has 0 bridgehead atoms. The van der Waals surface area contributed by atoms with Crippen molar-refractivity contribution < 1.29 is 38.7 Å². The summed E-state index contributed by atoms with van der Waals surface area (Å²) in [5.74, 6) is -0.745. The zero-order valence-electron chi connectivity index (χ0n) is 13.6. The molecule has 0 aliphatic heterocycles. The van der Waals surface area contributed by atoms with Crippen LogP contribution in [0.25, 0.3) is 0 Å². The van der Waals surface area contributed by atoms with Gasteiger partial charge in [0.1, 0.15) is 0 Å². The lowest BCUT2D eigenvalue weighted by molar-refractivity contribution is -0.136. The Balaban J connectivity index is 0. The van der Waals surface area contributed by atoms with Crippen molar-refractivity contribution in [2.45, 2.75) is 13.3 Å². The van der Waals surface area contributed by atoms with E-state index >= 15 is 0 Å². The standard InChI is InChI=1S/C11H24O6.C3H6O2/c1-13-4-5-15-8-9-17-11-10-16-7-6-14-3-2-12;1-2-3(4)5/h12H,2-11H2,1H3;2H2,1H3,(H,4,5). The molecule has 0 aromatic heterocycles. The number of aliphatic hydroxyl groups excluding tert-OH is 1. The van der Waals surface area contributed by atoms with Gasteiger partial charge in [0.15, 0.2) is 0 Å². The minimum atomic E-state index is -0.745. The van der Waals surface area contributed by atoms with Crippen molar-refractivity contribution in [3.63, 3.8) is 0 Å². The molecule has 0 amide bonds. The van der Waals surface area contributed by atoms with Crippen LogP contribution in [0.2, 0.25) is 0 Å². The van der Waals surface area contributed by atoms with Crippen molar-refractivity contribution in [2.24, 2.45) is 0 Å². The smallest absolute Gasteiger partial charge is 0.303 e.